The van der Waals surface area contributed by atoms with Gasteiger partial charge in [0.1, 0.15) is 5.75 Å². The van der Waals surface area contributed by atoms with Crippen molar-refractivity contribution in [3.8, 4) is 5.75 Å². The van der Waals surface area contributed by atoms with E-state index in [2.05, 4.69) is 5.32 Å². The Bertz CT molecular complexity index is 1110. The van der Waals surface area contributed by atoms with Gasteiger partial charge in [0.15, 0.2) is 0 Å². The molecule has 0 fully saturated rings. The van der Waals surface area contributed by atoms with Crippen molar-refractivity contribution in [1.82, 2.24) is 5.32 Å². The van der Waals surface area contributed by atoms with Gasteiger partial charge in [-0.25, -0.2) is 8.42 Å². The molecule has 0 saturated heterocycles. The highest BCUT2D eigenvalue weighted by Crippen LogP contribution is 2.26. The van der Waals surface area contributed by atoms with Crippen molar-refractivity contribution in [2.24, 2.45) is 0 Å². The summed E-state index contributed by atoms with van der Waals surface area (Å²) in [4.78, 5) is 13.1. The second kappa shape index (κ2) is 9.00. The molecule has 3 aromatic carbocycles. The molecule has 6 nitrogen and oxygen atoms in total. The molecule has 1 amide bonds. The van der Waals surface area contributed by atoms with Crippen molar-refractivity contribution in [3.63, 3.8) is 0 Å². The van der Waals surface area contributed by atoms with E-state index in [9.17, 15) is 13.2 Å². The van der Waals surface area contributed by atoms with E-state index in [0.717, 1.165) is 15.6 Å². The quantitative estimate of drug-likeness (QED) is 0.622. The van der Waals surface area contributed by atoms with Crippen LogP contribution in [-0.2, 0) is 10.0 Å². The average Bonchev–Trinajstić information content (AvgIpc) is 2.79. The van der Waals surface area contributed by atoms with Crippen LogP contribution in [0.25, 0.3) is 0 Å². The fourth-order valence-corrected chi connectivity index (χ4v) is 4.31. The topological polar surface area (TPSA) is 75.7 Å². The number of benzene rings is 3. The Hall–Kier alpha value is -3.32. The summed E-state index contributed by atoms with van der Waals surface area (Å²) in [6.07, 6.45) is 0. The molecule has 7 heteroatoms. The van der Waals surface area contributed by atoms with E-state index in [0.29, 0.717) is 5.69 Å². The minimum absolute atomic E-state index is 0.161. The number of sulfonamides is 1. The second-order valence-corrected chi connectivity index (χ2v) is 8.74. The van der Waals surface area contributed by atoms with Crippen LogP contribution in [0, 0.1) is 0 Å². The molecule has 156 valence electrons. The van der Waals surface area contributed by atoms with Gasteiger partial charge in [-0.1, -0.05) is 42.5 Å². The second-order valence-electron chi connectivity index (χ2n) is 6.77. The third-order valence-electron chi connectivity index (χ3n) is 4.85. The molecule has 0 spiro atoms. The first-order valence-corrected chi connectivity index (χ1v) is 10.9. The van der Waals surface area contributed by atoms with Gasteiger partial charge in [0.25, 0.3) is 15.9 Å². The maximum absolute atomic E-state index is 13.0. The molecule has 1 N–H and O–H groups in total. The Morgan fingerprint density at radius 1 is 0.933 bits per heavy atom. The first-order valence-electron chi connectivity index (χ1n) is 9.42. The van der Waals surface area contributed by atoms with Crippen LogP contribution in [0.1, 0.15) is 28.9 Å². The van der Waals surface area contributed by atoms with E-state index in [4.69, 9.17) is 4.74 Å². The zero-order chi connectivity index (χ0) is 21.7. The van der Waals surface area contributed by atoms with Crippen molar-refractivity contribution in [1.29, 1.82) is 0 Å². The highest BCUT2D eigenvalue weighted by molar-refractivity contribution is 7.92. The summed E-state index contributed by atoms with van der Waals surface area (Å²) in [6, 6.07) is 21.9. The molecule has 0 saturated carbocycles. The zero-order valence-corrected chi connectivity index (χ0v) is 17.9. The summed E-state index contributed by atoms with van der Waals surface area (Å²) >= 11 is 0. The van der Waals surface area contributed by atoms with Crippen LogP contribution >= 0.6 is 0 Å². The smallest absolute Gasteiger partial charge is 0.264 e. The highest BCUT2D eigenvalue weighted by atomic mass is 32.2. The third kappa shape index (κ3) is 4.46. The van der Waals surface area contributed by atoms with Gasteiger partial charge in [0.2, 0.25) is 0 Å². The van der Waals surface area contributed by atoms with E-state index >= 15 is 0 Å². The lowest BCUT2D eigenvalue weighted by molar-refractivity contribution is 0.0940. The lowest BCUT2D eigenvalue weighted by Crippen LogP contribution is -2.31. The molecule has 0 aliphatic heterocycles. The molecule has 0 aliphatic rings. The molecule has 30 heavy (non-hydrogen) atoms. The Morgan fingerprint density at radius 3 is 2.17 bits per heavy atom. The molecule has 0 radical (unpaired) electrons. The first-order chi connectivity index (χ1) is 14.3. The number of carbonyl (C=O) groups is 1. The van der Waals surface area contributed by atoms with Crippen LogP contribution in [0.2, 0.25) is 0 Å². The largest absolute Gasteiger partial charge is 0.497 e. The van der Waals surface area contributed by atoms with Crippen LogP contribution in [-0.4, -0.2) is 28.5 Å². The maximum atomic E-state index is 13.0. The van der Waals surface area contributed by atoms with Crippen molar-refractivity contribution < 1.29 is 17.9 Å². The molecule has 3 aromatic rings. The van der Waals surface area contributed by atoms with Crippen molar-refractivity contribution in [3.05, 3.63) is 90.0 Å². The fraction of sp³-hybridized carbons (Fsp3) is 0.174. The monoisotopic (exact) mass is 424 g/mol. The third-order valence-corrected chi connectivity index (χ3v) is 6.64. The molecule has 0 bridgehead atoms. The fourth-order valence-electron chi connectivity index (χ4n) is 3.07. The number of nitrogens with zero attached hydrogens (tertiary/aromatic N) is 1. The molecule has 0 aromatic heterocycles. The van der Waals surface area contributed by atoms with Crippen LogP contribution in [0.4, 0.5) is 5.69 Å². The normalized spacial score (nSPS) is 12.1. The molecule has 1 atom stereocenters. The summed E-state index contributed by atoms with van der Waals surface area (Å²) < 4.78 is 32.3. The van der Waals surface area contributed by atoms with E-state index in [1.165, 1.54) is 19.2 Å². The number of carbonyl (C=O) groups excluding carboxylic acids is 1. The number of para-hydroxylation sites is 1. The average molecular weight is 425 g/mol. The van der Waals surface area contributed by atoms with Gasteiger partial charge < -0.3 is 10.1 Å². The van der Waals surface area contributed by atoms with Crippen LogP contribution in [0.15, 0.2) is 83.8 Å². The Morgan fingerprint density at radius 2 is 1.53 bits per heavy atom. The van der Waals surface area contributed by atoms with Gasteiger partial charge >= 0.3 is 0 Å². The van der Waals surface area contributed by atoms with E-state index in [1.807, 2.05) is 31.2 Å². The molecule has 0 aliphatic carbocycles. The van der Waals surface area contributed by atoms with Gasteiger partial charge in [-0.2, -0.15) is 0 Å². The number of nitrogens with one attached hydrogen (secondary N) is 1. The predicted octanol–water partition coefficient (Wildman–Crippen LogP) is 4.01. The number of rotatable bonds is 7. The van der Waals surface area contributed by atoms with Crippen LogP contribution in [0.5, 0.6) is 5.75 Å². The van der Waals surface area contributed by atoms with Gasteiger partial charge in [-0.3, -0.25) is 9.10 Å². The molecule has 1 unspecified atom stereocenters. The molecule has 3 rings (SSSR count). The Labute approximate surface area is 177 Å². The van der Waals surface area contributed by atoms with Gasteiger partial charge in [-0.05, 0) is 48.9 Å². The summed E-state index contributed by atoms with van der Waals surface area (Å²) in [6.45, 7) is 1.87. The van der Waals surface area contributed by atoms with E-state index in [1.54, 1.807) is 49.6 Å². The number of methoxy groups -OCH3 is 1. The predicted molar refractivity (Wildman–Crippen MR) is 117 cm³/mol. The van der Waals surface area contributed by atoms with Gasteiger partial charge in [0, 0.05) is 7.05 Å². The summed E-state index contributed by atoms with van der Waals surface area (Å²) in [5.41, 5.74) is 1.49. The number of hydrogen-bond donors (Lipinski definition) is 1. The highest BCUT2D eigenvalue weighted by Gasteiger charge is 2.25. The molecular weight excluding hydrogens is 400 g/mol. The van der Waals surface area contributed by atoms with Gasteiger partial charge in [0.05, 0.1) is 29.3 Å². The lowest BCUT2D eigenvalue weighted by atomic mass is 10.1. The molecular formula is C23H24N2O4S. The number of anilines is 1. The van der Waals surface area contributed by atoms with Crippen molar-refractivity contribution in [2.75, 3.05) is 18.5 Å². The Balaban J connectivity index is 1.86. The zero-order valence-electron chi connectivity index (χ0n) is 17.1. The maximum Gasteiger partial charge on any atom is 0.264 e. The standard InChI is InChI=1S/C23H24N2O4S/c1-17(18-13-15-19(29-3)16-14-18)24-23(26)21-11-7-8-12-22(21)25(2)30(27,28)20-9-5-4-6-10-20/h4-17H,1-3H3,(H,24,26). The number of amides is 1. The van der Waals surface area contributed by atoms with Crippen molar-refractivity contribution in [2.45, 2.75) is 17.9 Å². The minimum Gasteiger partial charge on any atom is -0.497 e. The van der Waals surface area contributed by atoms with Gasteiger partial charge in [-0.15, -0.1) is 0 Å². The summed E-state index contributed by atoms with van der Waals surface area (Å²) in [5, 5.41) is 2.94. The van der Waals surface area contributed by atoms with E-state index < -0.39 is 10.0 Å². The number of ether oxygens (including phenoxy) is 1. The summed E-state index contributed by atoms with van der Waals surface area (Å²) in [7, 11) is -0.757. The minimum atomic E-state index is -3.80. The SMILES string of the molecule is COc1ccc(C(C)NC(=O)c2ccccc2N(C)S(=O)(=O)c2ccccc2)cc1. The Kier molecular flexibility index (Phi) is 6.42. The van der Waals surface area contributed by atoms with Crippen LogP contribution in [0.3, 0.4) is 0 Å². The van der Waals surface area contributed by atoms with E-state index in [-0.39, 0.29) is 22.4 Å². The lowest BCUT2D eigenvalue weighted by Gasteiger charge is -2.23. The van der Waals surface area contributed by atoms with Crippen molar-refractivity contribution >= 4 is 21.6 Å². The number of hydrogen-bond acceptors (Lipinski definition) is 4. The van der Waals surface area contributed by atoms with Crippen LogP contribution < -0.4 is 14.4 Å². The summed E-state index contributed by atoms with van der Waals surface area (Å²) in [5.74, 6) is 0.374. The first kappa shape index (κ1) is 21.4. The molecule has 0 heterocycles.